The van der Waals surface area contributed by atoms with E-state index in [1.54, 1.807) is 23.1 Å². The second-order valence-corrected chi connectivity index (χ2v) is 10.9. The van der Waals surface area contributed by atoms with Crippen molar-refractivity contribution < 1.29 is 17.9 Å². The van der Waals surface area contributed by atoms with Crippen LogP contribution in [0.3, 0.4) is 0 Å². The van der Waals surface area contributed by atoms with E-state index < -0.39 is 10.0 Å². The predicted octanol–water partition coefficient (Wildman–Crippen LogP) is 1.94. The van der Waals surface area contributed by atoms with Crippen molar-refractivity contribution in [3.8, 4) is 0 Å². The molecule has 0 unspecified atom stereocenters. The molecular formula is C18H20ClN5O4S2. The molecule has 5 rings (SSSR count). The maximum Gasteiger partial charge on any atom is 0.338 e. The van der Waals surface area contributed by atoms with Crippen molar-refractivity contribution in [2.75, 3.05) is 39.5 Å². The molecule has 0 aliphatic carbocycles. The topological polar surface area (TPSA) is 94.2 Å². The van der Waals surface area contributed by atoms with Crippen molar-refractivity contribution in [2.24, 2.45) is 0 Å². The zero-order valence-electron chi connectivity index (χ0n) is 15.9. The van der Waals surface area contributed by atoms with Crippen LogP contribution in [0.25, 0.3) is 10.1 Å². The lowest BCUT2D eigenvalue weighted by atomic mass is 10.3. The van der Waals surface area contributed by atoms with Gasteiger partial charge in [-0.3, -0.25) is 5.43 Å². The van der Waals surface area contributed by atoms with Crippen molar-refractivity contribution in [1.29, 1.82) is 0 Å². The highest BCUT2D eigenvalue weighted by Gasteiger charge is 2.34. The Hall–Kier alpha value is -2.21. The summed E-state index contributed by atoms with van der Waals surface area (Å²) in [4.78, 5) is 14.5. The van der Waals surface area contributed by atoms with Gasteiger partial charge in [-0.25, -0.2) is 18.2 Å². The minimum atomic E-state index is -3.62. The first-order valence-corrected chi connectivity index (χ1v) is 12.2. The van der Waals surface area contributed by atoms with E-state index in [0.717, 1.165) is 15.8 Å². The minimum absolute atomic E-state index is 0.175. The van der Waals surface area contributed by atoms with Gasteiger partial charge in [-0.05, 0) is 23.6 Å². The van der Waals surface area contributed by atoms with E-state index in [1.165, 1.54) is 20.7 Å². The lowest BCUT2D eigenvalue weighted by Crippen LogP contribution is -2.57. The van der Waals surface area contributed by atoms with Crippen molar-refractivity contribution in [1.82, 2.24) is 25.0 Å². The molecule has 3 aliphatic rings. The van der Waals surface area contributed by atoms with Crippen LogP contribution in [0.15, 0.2) is 40.1 Å². The van der Waals surface area contributed by atoms with E-state index in [-0.39, 0.29) is 19.1 Å². The molecule has 160 valence electrons. The minimum Gasteiger partial charge on any atom is -0.456 e. The number of halogens is 1. The summed E-state index contributed by atoms with van der Waals surface area (Å²) in [5, 5.41) is 6.06. The molecule has 1 fully saturated rings. The Morgan fingerprint density at radius 1 is 1.13 bits per heavy atom. The van der Waals surface area contributed by atoms with E-state index in [4.69, 9.17) is 16.3 Å². The van der Waals surface area contributed by atoms with Gasteiger partial charge in [0.05, 0.1) is 5.70 Å². The average Bonchev–Trinajstić information content (AvgIpc) is 3.39. The Morgan fingerprint density at radius 2 is 1.93 bits per heavy atom. The highest BCUT2D eigenvalue weighted by Crippen LogP contribution is 2.33. The fourth-order valence-corrected chi connectivity index (χ4v) is 6.99. The number of sulfonamides is 1. The van der Waals surface area contributed by atoms with Gasteiger partial charge >= 0.3 is 6.03 Å². The molecule has 4 heterocycles. The van der Waals surface area contributed by atoms with Gasteiger partial charge in [-0.1, -0.05) is 17.7 Å². The fourth-order valence-electron chi connectivity index (χ4n) is 3.74. The zero-order chi connectivity index (χ0) is 20.9. The molecule has 1 aromatic carbocycles. The molecule has 1 saturated heterocycles. The van der Waals surface area contributed by atoms with Gasteiger partial charge in [0, 0.05) is 48.9 Å². The number of urea groups is 1. The molecule has 0 atom stereocenters. The summed E-state index contributed by atoms with van der Waals surface area (Å²) in [5.74, 6) is 0.584. The lowest BCUT2D eigenvalue weighted by molar-refractivity contribution is 0.0948. The third kappa shape index (κ3) is 3.45. The number of hydrogen-bond donors (Lipinski definition) is 2. The van der Waals surface area contributed by atoms with E-state index >= 15 is 0 Å². The van der Waals surface area contributed by atoms with Gasteiger partial charge in [-0.15, -0.1) is 11.3 Å². The van der Waals surface area contributed by atoms with E-state index in [1.807, 2.05) is 6.07 Å². The fraction of sp³-hybridized carbons (Fsp3) is 0.389. The number of ether oxygens (including phenoxy) is 1. The van der Waals surface area contributed by atoms with Gasteiger partial charge in [0.1, 0.15) is 4.21 Å². The molecule has 12 heteroatoms. The van der Waals surface area contributed by atoms with Crippen LogP contribution in [0.1, 0.15) is 6.42 Å². The number of hydrogen-bond acceptors (Lipinski definition) is 7. The van der Waals surface area contributed by atoms with Crippen LogP contribution in [-0.4, -0.2) is 68.1 Å². The van der Waals surface area contributed by atoms with Crippen molar-refractivity contribution >= 4 is 49.1 Å². The molecule has 2 amide bonds. The average molecular weight is 470 g/mol. The number of benzene rings is 1. The Labute approximate surface area is 182 Å². The monoisotopic (exact) mass is 469 g/mol. The first-order chi connectivity index (χ1) is 14.4. The number of thiophene rings is 1. The first-order valence-electron chi connectivity index (χ1n) is 9.54. The third-order valence-electron chi connectivity index (χ3n) is 5.39. The maximum atomic E-state index is 13.1. The van der Waals surface area contributed by atoms with Crippen molar-refractivity contribution in [3.63, 3.8) is 0 Å². The maximum absolute atomic E-state index is 13.1. The summed E-state index contributed by atoms with van der Waals surface area (Å²) in [6.45, 7) is 2.10. The molecule has 0 spiro atoms. The van der Waals surface area contributed by atoms with Gasteiger partial charge in [0.2, 0.25) is 5.88 Å². The summed E-state index contributed by atoms with van der Waals surface area (Å²) in [6.07, 6.45) is 0.693. The molecule has 2 N–H and O–H groups in total. The molecule has 3 aliphatic heterocycles. The molecule has 0 bridgehead atoms. The van der Waals surface area contributed by atoms with Gasteiger partial charge in [0.15, 0.2) is 6.73 Å². The van der Waals surface area contributed by atoms with Crippen LogP contribution in [0.2, 0.25) is 5.02 Å². The second-order valence-electron chi connectivity index (χ2n) is 7.21. The summed E-state index contributed by atoms with van der Waals surface area (Å²) in [6, 6.07) is 6.85. The molecule has 0 saturated carbocycles. The quantitative estimate of drug-likeness (QED) is 0.698. The summed E-state index contributed by atoms with van der Waals surface area (Å²) in [7, 11) is -3.62. The Morgan fingerprint density at radius 3 is 2.73 bits per heavy atom. The summed E-state index contributed by atoms with van der Waals surface area (Å²) < 4.78 is 34.2. The number of carbonyl (C=O) groups is 1. The highest BCUT2D eigenvalue weighted by atomic mass is 35.5. The molecule has 0 radical (unpaired) electrons. The van der Waals surface area contributed by atoms with Crippen LogP contribution in [0, 0.1) is 0 Å². The lowest BCUT2D eigenvalue weighted by Gasteiger charge is -2.37. The first kappa shape index (κ1) is 19.7. The molecular weight excluding hydrogens is 450 g/mol. The molecule has 1 aromatic heterocycles. The number of nitrogens with one attached hydrogen (secondary N) is 2. The van der Waals surface area contributed by atoms with E-state index in [2.05, 4.69) is 10.7 Å². The second kappa shape index (κ2) is 7.49. The standard InChI is InChI=1S/C18H20ClN5O4S2/c19-13-2-1-12-9-16(29-15(12)10-13)30(26,27)23-7-5-22(6-8-23)18(25)24-4-3-14-17(21-24)28-11-20-14/h1-2,9-10,20-21H,3-8,11H2. The predicted molar refractivity (Wildman–Crippen MR) is 113 cm³/mol. The summed E-state index contributed by atoms with van der Waals surface area (Å²) >= 11 is 7.23. The van der Waals surface area contributed by atoms with Gasteiger partial charge in [0.25, 0.3) is 10.0 Å². The SMILES string of the molecule is O=C(N1CCN(S(=O)(=O)c2cc3ccc(Cl)cc3s2)CC1)N1CCC2=C(N1)OCN2. The van der Waals surface area contributed by atoms with Gasteiger partial charge in [-0.2, -0.15) is 4.31 Å². The number of hydrazine groups is 1. The zero-order valence-corrected chi connectivity index (χ0v) is 18.3. The molecule has 2 aromatic rings. The number of fused-ring (bicyclic) bond motifs is 1. The van der Waals surface area contributed by atoms with Crippen LogP contribution >= 0.6 is 22.9 Å². The Bertz CT molecular complexity index is 1140. The van der Waals surface area contributed by atoms with Crippen molar-refractivity contribution in [3.05, 3.63) is 40.9 Å². The number of rotatable bonds is 2. The van der Waals surface area contributed by atoms with Crippen LogP contribution in [0.5, 0.6) is 0 Å². The van der Waals surface area contributed by atoms with Crippen LogP contribution < -0.4 is 10.7 Å². The summed E-state index contributed by atoms with van der Waals surface area (Å²) in [5.41, 5.74) is 3.97. The normalized spacial score (nSPS) is 20.0. The van der Waals surface area contributed by atoms with Crippen molar-refractivity contribution in [2.45, 2.75) is 10.6 Å². The van der Waals surface area contributed by atoms with Crippen LogP contribution in [0.4, 0.5) is 4.79 Å². The Kier molecular flexibility index (Phi) is 4.92. The largest absolute Gasteiger partial charge is 0.456 e. The van der Waals surface area contributed by atoms with Gasteiger partial charge < -0.3 is 15.0 Å². The number of nitrogens with zero attached hydrogens (tertiary/aromatic N) is 3. The Balaban J connectivity index is 1.25. The van der Waals surface area contributed by atoms with E-state index in [9.17, 15) is 13.2 Å². The number of piperazine rings is 1. The number of carbonyl (C=O) groups excluding carboxylic acids is 1. The molecule has 30 heavy (non-hydrogen) atoms. The molecule has 9 nitrogen and oxygen atoms in total. The van der Waals surface area contributed by atoms with E-state index in [0.29, 0.717) is 47.9 Å². The smallest absolute Gasteiger partial charge is 0.338 e. The highest BCUT2D eigenvalue weighted by molar-refractivity contribution is 7.91. The number of amides is 2. The third-order valence-corrected chi connectivity index (χ3v) is 9.07. The van der Waals surface area contributed by atoms with Crippen LogP contribution in [-0.2, 0) is 14.8 Å².